The number of hydrogen-bond donors (Lipinski definition) is 2. The number of hydrogen-bond acceptors (Lipinski definition) is 5. The van der Waals surface area contributed by atoms with Crippen molar-refractivity contribution < 1.29 is 24.2 Å². The number of amides is 1. The van der Waals surface area contributed by atoms with Gasteiger partial charge in [0, 0.05) is 27.6 Å². The van der Waals surface area contributed by atoms with Gasteiger partial charge in [-0.2, -0.15) is 0 Å². The largest absolute Gasteiger partial charge is 0.507 e. The maximum absolute atomic E-state index is 12.1. The Morgan fingerprint density at radius 2 is 1.54 bits per heavy atom. The van der Waals surface area contributed by atoms with Crippen LogP contribution in [0.1, 0.15) is 0 Å². The maximum atomic E-state index is 12.1. The summed E-state index contributed by atoms with van der Waals surface area (Å²) >= 11 is 0. The number of phenols is 1. The van der Waals surface area contributed by atoms with Crippen LogP contribution in [0.4, 0.5) is 4.79 Å². The zero-order chi connectivity index (χ0) is 18.5. The number of phenolic OH excluding ortho intramolecular Hbond substituents is 1. The van der Waals surface area contributed by atoms with Crippen LogP contribution in [-0.4, -0.2) is 30.3 Å². The van der Waals surface area contributed by atoms with E-state index < -0.39 is 12.1 Å². The van der Waals surface area contributed by atoms with E-state index in [1.54, 1.807) is 48.5 Å². The molecule has 6 heteroatoms. The number of ether oxygens (including phenoxy) is 2. The van der Waals surface area contributed by atoms with Crippen LogP contribution in [0.15, 0.2) is 61.2 Å². The zero-order valence-corrected chi connectivity index (χ0v) is 13.9. The average molecular weight is 351 g/mol. The molecule has 0 saturated carbocycles. The molecule has 0 heterocycles. The lowest BCUT2D eigenvalue weighted by Crippen LogP contribution is -2.30. The third kappa shape index (κ3) is 3.44. The summed E-state index contributed by atoms with van der Waals surface area (Å²) in [6.45, 7) is 3.40. The highest BCUT2D eigenvalue weighted by atomic mass is 16.6. The van der Waals surface area contributed by atoms with Gasteiger partial charge in [0.2, 0.25) is 0 Å². The van der Waals surface area contributed by atoms with Crippen LogP contribution in [0, 0.1) is 0 Å². The average Bonchev–Trinajstić information content (AvgIpc) is 2.68. The molecular weight excluding hydrogens is 334 g/mol. The minimum absolute atomic E-state index is 0.0109. The Morgan fingerprint density at radius 1 is 1.00 bits per heavy atom. The van der Waals surface area contributed by atoms with Crippen molar-refractivity contribution >= 4 is 33.6 Å². The standard InChI is InChI=1S/C20H17NO5/c1-2-17(22)25-12-11-21-20(24)26-19-15-9-5-3-7-13(15)18(23)14-8-4-6-10-16(14)19/h2-10,23H,1,11-12H2,(H,21,24). The number of carbonyl (C=O) groups excluding carboxylic acids is 2. The normalized spacial score (nSPS) is 10.5. The molecule has 0 aliphatic rings. The molecule has 26 heavy (non-hydrogen) atoms. The smallest absolute Gasteiger partial charge is 0.412 e. The van der Waals surface area contributed by atoms with Gasteiger partial charge in [0.05, 0.1) is 6.54 Å². The molecule has 0 saturated heterocycles. The van der Waals surface area contributed by atoms with Crippen molar-refractivity contribution in [3.8, 4) is 11.5 Å². The Labute approximate surface area is 149 Å². The first-order valence-corrected chi connectivity index (χ1v) is 7.99. The fraction of sp³-hybridized carbons (Fsp3) is 0.100. The molecule has 3 aromatic carbocycles. The summed E-state index contributed by atoms with van der Waals surface area (Å²) in [6, 6.07) is 14.3. The van der Waals surface area contributed by atoms with Crippen LogP contribution in [0.3, 0.4) is 0 Å². The fourth-order valence-corrected chi connectivity index (χ4v) is 2.67. The molecule has 0 bridgehead atoms. The number of nitrogens with one attached hydrogen (secondary N) is 1. The minimum Gasteiger partial charge on any atom is -0.507 e. The number of fused-ring (bicyclic) bond motifs is 2. The van der Waals surface area contributed by atoms with Crippen molar-refractivity contribution in [1.82, 2.24) is 5.32 Å². The molecule has 0 aliphatic carbocycles. The molecule has 0 fully saturated rings. The first-order chi connectivity index (χ1) is 12.6. The predicted octanol–water partition coefficient (Wildman–Crippen LogP) is 3.52. The highest BCUT2D eigenvalue weighted by molar-refractivity contribution is 6.11. The van der Waals surface area contributed by atoms with Gasteiger partial charge in [-0.05, 0) is 0 Å². The van der Waals surface area contributed by atoms with E-state index in [0.29, 0.717) is 27.3 Å². The van der Waals surface area contributed by atoms with E-state index in [9.17, 15) is 14.7 Å². The van der Waals surface area contributed by atoms with Gasteiger partial charge in [-0.1, -0.05) is 55.1 Å². The van der Waals surface area contributed by atoms with Crippen molar-refractivity contribution in [2.24, 2.45) is 0 Å². The second kappa shape index (κ2) is 7.57. The van der Waals surface area contributed by atoms with Gasteiger partial charge in [-0.25, -0.2) is 9.59 Å². The van der Waals surface area contributed by atoms with E-state index >= 15 is 0 Å². The molecule has 0 atom stereocenters. The van der Waals surface area contributed by atoms with Gasteiger partial charge >= 0.3 is 12.1 Å². The van der Waals surface area contributed by atoms with Crippen LogP contribution < -0.4 is 10.1 Å². The second-order valence-corrected chi connectivity index (χ2v) is 5.46. The third-order valence-electron chi connectivity index (χ3n) is 3.83. The van der Waals surface area contributed by atoms with Crippen molar-refractivity contribution in [3.05, 3.63) is 61.2 Å². The minimum atomic E-state index is -0.680. The first-order valence-electron chi connectivity index (χ1n) is 7.99. The van der Waals surface area contributed by atoms with Gasteiger partial charge in [-0.3, -0.25) is 0 Å². The van der Waals surface area contributed by atoms with Gasteiger partial charge in [0.1, 0.15) is 18.1 Å². The highest BCUT2D eigenvalue weighted by Crippen LogP contribution is 2.41. The SMILES string of the molecule is C=CC(=O)OCCNC(=O)Oc1c2ccccc2c(O)c2ccccc12. The lowest BCUT2D eigenvalue weighted by atomic mass is 10.0. The summed E-state index contributed by atoms with van der Waals surface area (Å²) in [5.41, 5.74) is 0. The van der Waals surface area contributed by atoms with Gasteiger partial charge in [-0.15, -0.1) is 0 Å². The van der Waals surface area contributed by atoms with E-state index in [2.05, 4.69) is 11.9 Å². The van der Waals surface area contributed by atoms with E-state index in [1.807, 2.05) is 0 Å². The molecule has 0 radical (unpaired) electrons. The number of benzene rings is 3. The molecule has 3 rings (SSSR count). The summed E-state index contributed by atoms with van der Waals surface area (Å²) in [5.74, 6) is -0.0643. The van der Waals surface area contributed by atoms with E-state index in [1.165, 1.54) is 0 Å². The molecule has 0 aromatic heterocycles. The number of rotatable bonds is 5. The Bertz CT molecular complexity index is 939. The van der Waals surface area contributed by atoms with Crippen molar-refractivity contribution in [1.29, 1.82) is 0 Å². The summed E-state index contributed by atoms with van der Waals surface area (Å²) in [5, 5.41) is 15.5. The quantitative estimate of drug-likeness (QED) is 0.318. The molecule has 1 amide bonds. The molecule has 0 aliphatic heterocycles. The monoisotopic (exact) mass is 351 g/mol. The van der Waals surface area contributed by atoms with Crippen LogP contribution >= 0.6 is 0 Å². The molecule has 0 unspecified atom stereocenters. The zero-order valence-electron chi connectivity index (χ0n) is 13.9. The lowest BCUT2D eigenvalue weighted by Gasteiger charge is -2.14. The topological polar surface area (TPSA) is 84.9 Å². The summed E-state index contributed by atoms with van der Waals surface area (Å²) in [6.07, 6.45) is 0.369. The summed E-state index contributed by atoms with van der Waals surface area (Å²) < 4.78 is 10.3. The number of aromatic hydroxyl groups is 1. The second-order valence-electron chi connectivity index (χ2n) is 5.46. The van der Waals surface area contributed by atoms with Crippen LogP contribution in [0.5, 0.6) is 11.5 Å². The van der Waals surface area contributed by atoms with E-state index in [-0.39, 0.29) is 18.9 Å². The van der Waals surface area contributed by atoms with Gasteiger partial charge in [0.15, 0.2) is 0 Å². The van der Waals surface area contributed by atoms with Crippen LogP contribution in [0.25, 0.3) is 21.5 Å². The Kier molecular flexibility index (Phi) is 5.03. The first kappa shape index (κ1) is 17.3. The van der Waals surface area contributed by atoms with E-state index in [0.717, 1.165) is 6.08 Å². The van der Waals surface area contributed by atoms with Crippen molar-refractivity contribution in [2.45, 2.75) is 0 Å². The predicted molar refractivity (Wildman–Crippen MR) is 98.3 cm³/mol. The molecular formula is C20H17NO5. The number of carbonyl (C=O) groups is 2. The molecule has 3 aromatic rings. The van der Waals surface area contributed by atoms with E-state index in [4.69, 9.17) is 9.47 Å². The third-order valence-corrected chi connectivity index (χ3v) is 3.83. The Hall–Kier alpha value is -3.54. The molecule has 2 N–H and O–H groups in total. The van der Waals surface area contributed by atoms with Crippen LogP contribution in [0.2, 0.25) is 0 Å². The van der Waals surface area contributed by atoms with Gasteiger partial charge < -0.3 is 19.9 Å². The molecule has 6 nitrogen and oxygen atoms in total. The summed E-state index contributed by atoms with van der Waals surface area (Å²) in [7, 11) is 0. The lowest BCUT2D eigenvalue weighted by molar-refractivity contribution is -0.137. The van der Waals surface area contributed by atoms with Crippen molar-refractivity contribution in [3.63, 3.8) is 0 Å². The number of esters is 1. The fourth-order valence-electron chi connectivity index (χ4n) is 2.67. The van der Waals surface area contributed by atoms with Gasteiger partial charge in [0.25, 0.3) is 0 Å². The Balaban J connectivity index is 1.86. The summed E-state index contributed by atoms with van der Waals surface area (Å²) in [4.78, 5) is 23.1. The molecule has 132 valence electrons. The van der Waals surface area contributed by atoms with Crippen LogP contribution in [-0.2, 0) is 9.53 Å². The van der Waals surface area contributed by atoms with Crippen molar-refractivity contribution in [2.75, 3.05) is 13.2 Å². The Morgan fingerprint density at radius 3 is 2.08 bits per heavy atom. The molecule has 0 spiro atoms. The maximum Gasteiger partial charge on any atom is 0.412 e. The highest BCUT2D eigenvalue weighted by Gasteiger charge is 2.16.